The third-order valence-corrected chi connectivity index (χ3v) is 4.48. The Balaban J connectivity index is 1.80. The van der Waals surface area contributed by atoms with E-state index in [2.05, 4.69) is 19.1 Å². The van der Waals surface area contributed by atoms with Gasteiger partial charge < -0.3 is 14.4 Å². The lowest BCUT2D eigenvalue weighted by Gasteiger charge is -2.40. The van der Waals surface area contributed by atoms with Crippen molar-refractivity contribution in [1.82, 2.24) is 4.90 Å². The maximum absolute atomic E-state index is 12.6. The highest BCUT2D eigenvalue weighted by Gasteiger charge is 2.35. The van der Waals surface area contributed by atoms with Gasteiger partial charge in [-0.1, -0.05) is 37.3 Å². The van der Waals surface area contributed by atoms with Gasteiger partial charge in [-0.05, 0) is 30.5 Å². The van der Waals surface area contributed by atoms with E-state index in [0.717, 1.165) is 12.8 Å². The van der Waals surface area contributed by atoms with E-state index < -0.39 is 5.97 Å². The van der Waals surface area contributed by atoms with Crippen molar-refractivity contribution in [3.8, 4) is 0 Å². The molecule has 0 bridgehead atoms. The Kier molecular flexibility index (Phi) is 3.94. The lowest BCUT2D eigenvalue weighted by molar-refractivity contribution is 0.0602. The number of nitrogens with zero attached hydrogens (tertiary/aromatic N) is 1. The Bertz CT molecular complexity index is 722. The van der Waals surface area contributed by atoms with E-state index in [1.807, 2.05) is 18.2 Å². The van der Waals surface area contributed by atoms with Gasteiger partial charge in [0.25, 0.3) is 5.91 Å². The molecule has 1 aromatic carbocycles. The van der Waals surface area contributed by atoms with Crippen molar-refractivity contribution in [2.75, 3.05) is 13.1 Å². The van der Waals surface area contributed by atoms with Crippen LogP contribution in [0, 0.1) is 0 Å². The third kappa shape index (κ3) is 2.99. The minimum atomic E-state index is -1.17. The summed E-state index contributed by atoms with van der Waals surface area (Å²) in [6.07, 6.45) is 1.92. The van der Waals surface area contributed by atoms with E-state index in [1.165, 1.54) is 17.7 Å². The summed E-state index contributed by atoms with van der Waals surface area (Å²) >= 11 is 0. The standard InChI is InChI=1S/C18H19NO4/c1-18(13-6-3-2-4-7-13)10-5-11-19(12-18)16(20)14-8-9-15(23-14)17(21)22/h2-4,6-9H,5,10-12H2,1H3,(H,21,22). The summed E-state index contributed by atoms with van der Waals surface area (Å²) in [5, 5.41) is 8.90. The predicted molar refractivity (Wildman–Crippen MR) is 84.6 cm³/mol. The highest BCUT2D eigenvalue weighted by molar-refractivity contribution is 5.93. The lowest BCUT2D eigenvalue weighted by atomic mass is 9.76. The number of piperidine rings is 1. The van der Waals surface area contributed by atoms with Crippen LogP contribution in [0.5, 0.6) is 0 Å². The van der Waals surface area contributed by atoms with Gasteiger partial charge in [0.15, 0.2) is 5.76 Å². The van der Waals surface area contributed by atoms with Crippen LogP contribution in [0.3, 0.4) is 0 Å². The van der Waals surface area contributed by atoms with Crippen LogP contribution in [0.1, 0.15) is 46.4 Å². The van der Waals surface area contributed by atoms with Gasteiger partial charge in [-0.3, -0.25) is 4.79 Å². The molecule has 1 saturated heterocycles. The first-order valence-electron chi connectivity index (χ1n) is 7.67. The number of carboxylic acid groups (broad SMARTS) is 1. The molecule has 3 rings (SSSR count). The van der Waals surface area contributed by atoms with Crippen LogP contribution < -0.4 is 0 Å². The number of hydrogen-bond acceptors (Lipinski definition) is 3. The Morgan fingerprint density at radius 2 is 1.83 bits per heavy atom. The number of hydrogen-bond donors (Lipinski definition) is 1. The van der Waals surface area contributed by atoms with Crippen LogP contribution in [0.15, 0.2) is 46.9 Å². The van der Waals surface area contributed by atoms with E-state index >= 15 is 0 Å². The van der Waals surface area contributed by atoms with Gasteiger partial charge in [0, 0.05) is 18.5 Å². The fourth-order valence-electron chi connectivity index (χ4n) is 3.21. The maximum atomic E-state index is 12.6. The Morgan fingerprint density at radius 3 is 2.48 bits per heavy atom. The Labute approximate surface area is 134 Å². The second kappa shape index (κ2) is 5.91. The van der Waals surface area contributed by atoms with Crippen molar-refractivity contribution in [2.24, 2.45) is 0 Å². The van der Waals surface area contributed by atoms with E-state index in [1.54, 1.807) is 4.90 Å². The van der Waals surface area contributed by atoms with Gasteiger partial charge in [0.05, 0.1) is 0 Å². The zero-order chi connectivity index (χ0) is 16.4. The molecule has 1 unspecified atom stereocenters. The molecule has 5 heteroatoms. The summed E-state index contributed by atoms with van der Waals surface area (Å²) in [6, 6.07) is 12.9. The van der Waals surface area contributed by atoms with Crippen LogP contribution in [0.2, 0.25) is 0 Å². The lowest BCUT2D eigenvalue weighted by Crippen LogP contribution is -2.47. The van der Waals surface area contributed by atoms with Crippen molar-refractivity contribution >= 4 is 11.9 Å². The van der Waals surface area contributed by atoms with E-state index in [9.17, 15) is 9.59 Å². The van der Waals surface area contributed by atoms with Crippen LogP contribution in [-0.2, 0) is 5.41 Å². The van der Waals surface area contributed by atoms with Gasteiger partial charge in [-0.15, -0.1) is 0 Å². The molecular weight excluding hydrogens is 294 g/mol. The fraction of sp³-hybridized carbons (Fsp3) is 0.333. The first-order valence-corrected chi connectivity index (χ1v) is 7.67. The predicted octanol–water partition coefficient (Wildman–Crippen LogP) is 3.17. The normalized spacial score (nSPS) is 21.2. The summed E-state index contributed by atoms with van der Waals surface area (Å²) in [4.78, 5) is 25.2. The van der Waals surface area contributed by atoms with Crippen molar-refractivity contribution in [3.63, 3.8) is 0 Å². The molecule has 1 fully saturated rings. The molecule has 0 spiro atoms. The zero-order valence-corrected chi connectivity index (χ0v) is 13.0. The van der Waals surface area contributed by atoms with Gasteiger partial charge in [0.1, 0.15) is 0 Å². The molecule has 2 aromatic rings. The number of carboxylic acids is 1. The summed E-state index contributed by atoms with van der Waals surface area (Å²) in [5.41, 5.74) is 1.11. The molecule has 1 aliphatic rings. The maximum Gasteiger partial charge on any atom is 0.371 e. The van der Waals surface area contributed by atoms with Crippen molar-refractivity contribution in [1.29, 1.82) is 0 Å². The molecule has 1 aromatic heterocycles. The summed E-state index contributed by atoms with van der Waals surface area (Å²) in [7, 11) is 0. The molecule has 0 aliphatic carbocycles. The van der Waals surface area contributed by atoms with Crippen molar-refractivity contribution in [2.45, 2.75) is 25.2 Å². The molecule has 1 amide bonds. The number of benzene rings is 1. The molecule has 5 nitrogen and oxygen atoms in total. The first-order chi connectivity index (χ1) is 11.0. The van der Waals surface area contributed by atoms with Gasteiger partial charge in [-0.25, -0.2) is 4.79 Å². The number of likely N-dealkylation sites (tertiary alicyclic amines) is 1. The Morgan fingerprint density at radius 1 is 1.13 bits per heavy atom. The summed E-state index contributed by atoms with van der Waals surface area (Å²) in [6.45, 7) is 3.41. The molecule has 0 saturated carbocycles. The highest BCUT2D eigenvalue weighted by atomic mass is 16.4. The average Bonchev–Trinajstić information content (AvgIpc) is 3.05. The molecule has 1 atom stereocenters. The minimum absolute atomic E-state index is 0.0831. The number of aromatic carboxylic acids is 1. The topological polar surface area (TPSA) is 70.8 Å². The molecule has 2 heterocycles. The smallest absolute Gasteiger partial charge is 0.371 e. The first kappa shape index (κ1) is 15.3. The quantitative estimate of drug-likeness (QED) is 0.945. The van der Waals surface area contributed by atoms with Gasteiger partial charge >= 0.3 is 5.97 Å². The minimum Gasteiger partial charge on any atom is -0.475 e. The van der Waals surface area contributed by atoms with E-state index in [4.69, 9.17) is 9.52 Å². The zero-order valence-electron chi connectivity index (χ0n) is 13.0. The highest BCUT2D eigenvalue weighted by Crippen LogP contribution is 2.34. The monoisotopic (exact) mass is 313 g/mol. The van der Waals surface area contributed by atoms with Crippen LogP contribution in [-0.4, -0.2) is 35.0 Å². The van der Waals surface area contributed by atoms with Crippen LogP contribution >= 0.6 is 0 Å². The largest absolute Gasteiger partial charge is 0.475 e. The van der Waals surface area contributed by atoms with Crippen LogP contribution in [0.4, 0.5) is 0 Å². The molecule has 23 heavy (non-hydrogen) atoms. The summed E-state index contributed by atoms with van der Waals surface area (Å²) < 4.78 is 5.14. The number of amides is 1. The van der Waals surface area contributed by atoms with Crippen molar-refractivity contribution < 1.29 is 19.1 Å². The third-order valence-electron chi connectivity index (χ3n) is 4.48. The number of carbonyl (C=O) groups is 2. The molecule has 1 N–H and O–H groups in total. The van der Waals surface area contributed by atoms with Gasteiger partial charge in [-0.2, -0.15) is 0 Å². The van der Waals surface area contributed by atoms with E-state index in [-0.39, 0.29) is 22.8 Å². The average molecular weight is 313 g/mol. The second-order valence-electron chi connectivity index (χ2n) is 6.23. The van der Waals surface area contributed by atoms with Crippen LogP contribution in [0.25, 0.3) is 0 Å². The molecular formula is C18H19NO4. The summed E-state index contributed by atoms with van der Waals surface area (Å²) in [5.74, 6) is -1.55. The Hall–Kier alpha value is -2.56. The number of furan rings is 1. The fourth-order valence-corrected chi connectivity index (χ4v) is 3.21. The number of carbonyl (C=O) groups excluding carboxylic acids is 1. The number of rotatable bonds is 3. The molecule has 0 radical (unpaired) electrons. The van der Waals surface area contributed by atoms with Crippen molar-refractivity contribution in [3.05, 3.63) is 59.5 Å². The van der Waals surface area contributed by atoms with Gasteiger partial charge in [0.2, 0.25) is 5.76 Å². The second-order valence-corrected chi connectivity index (χ2v) is 6.23. The SMILES string of the molecule is CC1(c2ccccc2)CCCN(C(=O)c2ccc(C(=O)O)o2)C1. The molecule has 120 valence electrons. The van der Waals surface area contributed by atoms with E-state index in [0.29, 0.717) is 13.1 Å². The molecule has 1 aliphatic heterocycles.